The van der Waals surface area contributed by atoms with Gasteiger partial charge in [0.2, 0.25) is 5.78 Å². The topological polar surface area (TPSA) is 79.8 Å². The highest BCUT2D eigenvalue weighted by atomic mass is 32.1. The Labute approximate surface area is 145 Å². The minimum atomic E-state index is -0.579. The molecular formula is C17H20N4O2S. The highest BCUT2D eigenvalue weighted by Crippen LogP contribution is 2.22. The summed E-state index contributed by atoms with van der Waals surface area (Å²) in [5.74, 6) is -0.294. The predicted molar refractivity (Wildman–Crippen MR) is 92.6 cm³/mol. The van der Waals surface area contributed by atoms with Crippen molar-refractivity contribution in [2.75, 3.05) is 6.54 Å². The molecule has 0 bridgehead atoms. The minimum absolute atomic E-state index is 0.342. The molecule has 0 unspecified atom stereocenters. The molecule has 24 heavy (non-hydrogen) atoms. The van der Waals surface area contributed by atoms with Crippen molar-refractivity contribution in [2.45, 2.75) is 39.2 Å². The van der Waals surface area contributed by atoms with Crippen LogP contribution < -0.4 is 5.32 Å². The smallest absolute Gasteiger partial charge is 0.292 e. The number of aromatic nitrogens is 3. The highest BCUT2D eigenvalue weighted by molar-refractivity contribution is 7.71. The first-order chi connectivity index (χ1) is 11.6. The minimum Gasteiger partial charge on any atom is -0.349 e. The van der Waals surface area contributed by atoms with Crippen LogP contribution in [0.2, 0.25) is 0 Å². The van der Waals surface area contributed by atoms with Gasteiger partial charge in [-0.2, -0.15) is 5.10 Å². The summed E-state index contributed by atoms with van der Waals surface area (Å²) in [4.78, 5) is 24.3. The zero-order valence-electron chi connectivity index (χ0n) is 13.6. The van der Waals surface area contributed by atoms with Gasteiger partial charge in [-0.05, 0) is 55.6 Å². The number of rotatable bonds is 6. The normalized spacial score (nSPS) is 12.9. The molecule has 0 saturated heterocycles. The van der Waals surface area contributed by atoms with Gasteiger partial charge < -0.3 is 9.88 Å². The Morgan fingerprint density at radius 3 is 2.92 bits per heavy atom. The fourth-order valence-electron chi connectivity index (χ4n) is 3.08. The largest absolute Gasteiger partial charge is 0.349 e. The van der Waals surface area contributed by atoms with Gasteiger partial charge >= 0.3 is 0 Å². The zero-order valence-corrected chi connectivity index (χ0v) is 14.4. The summed E-state index contributed by atoms with van der Waals surface area (Å²) in [6, 6.07) is 5.56. The van der Waals surface area contributed by atoms with Crippen LogP contribution in [0.25, 0.3) is 0 Å². The third kappa shape index (κ3) is 3.31. The second-order valence-electron chi connectivity index (χ2n) is 5.86. The quantitative estimate of drug-likeness (QED) is 0.477. The lowest BCUT2D eigenvalue weighted by molar-refractivity contribution is -0.116. The lowest BCUT2D eigenvalue weighted by Crippen LogP contribution is -2.33. The molecule has 1 amide bonds. The SMILES string of the molecule is CCn1c(CCNC(=O)C(=O)c2ccc3c(c2)CCC3)n[nH]c1=S. The fourth-order valence-corrected chi connectivity index (χ4v) is 3.36. The van der Waals surface area contributed by atoms with E-state index in [1.807, 2.05) is 23.6 Å². The van der Waals surface area contributed by atoms with Gasteiger partial charge in [0.15, 0.2) is 4.77 Å². The van der Waals surface area contributed by atoms with E-state index in [1.54, 1.807) is 6.07 Å². The molecule has 0 spiro atoms. The lowest BCUT2D eigenvalue weighted by Gasteiger charge is -2.07. The van der Waals surface area contributed by atoms with Gasteiger partial charge in [0, 0.05) is 25.1 Å². The number of benzene rings is 1. The number of nitrogens with zero attached hydrogens (tertiary/aromatic N) is 2. The second kappa shape index (κ2) is 7.09. The molecule has 0 saturated carbocycles. The van der Waals surface area contributed by atoms with Crippen molar-refractivity contribution < 1.29 is 9.59 Å². The molecule has 126 valence electrons. The number of Topliss-reactive ketones (excluding diaryl/α,β-unsaturated/α-hetero) is 1. The number of aromatic amines is 1. The third-order valence-electron chi connectivity index (χ3n) is 4.35. The highest BCUT2D eigenvalue weighted by Gasteiger charge is 2.19. The first kappa shape index (κ1) is 16.6. The summed E-state index contributed by atoms with van der Waals surface area (Å²) >= 11 is 5.12. The van der Waals surface area contributed by atoms with Crippen molar-refractivity contribution in [3.63, 3.8) is 0 Å². The summed E-state index contributed by atoms with van der Waals surface area (Å²) in [6.45, 7) is 3.03. The van der Waals surface area contributed by atoms with Gasteiger partial charge in [0.25, 0.3) is 5.91 Å². The average Bonchev–Trinajstić information content (AvgIpc) is 3.19. The summed E-state index contributed by atoms with van der Waals surface area (Å²) in [6.07, 6.45) is 3.68. The van der Waals surface area contributed by atoms with Crippen LogP contribution >= 0.6 is 12.2 Å². The van der Waals surface area contributed by atoms with Crippen molar-refractivity contribution in [1.29, 1.82) is 0 Å². The summed E-state index contributed by atoms with van der Waals surface area (Å²) in [7, 11) is 0. The Hall–Kier alpha value is -2.28. The van der Waals surface area contributed by atoms with Crippen LogP contribution in [-0.2, 0) is 30.6 Å². The number of ketones is 1. The first-order valence-corrected chi connectivity index (χ1v) is 8.59. The van der Waals surface area contributed by atoms with E-state index in [9.17, 15) is 9.59 Å². The molecule has 2 aromatic rings. The standard InChI is InChI=1S/C17H20N4O2S/c1-2-21-14(19-20-17(21)24)8-9-18-16(23)15(22)13-7-6-11-4-3-5-12(11)10-13/h6-7,10H,2-5,8-9H2,1H3,(H,18,23)(H,20,24). The Balaban J connectivity index is 1.58. The van der Waals surface area contributed by atoms with Gasteiger partial charge in [-0.25, -0.2) is 0 Å². The van der Waals surface area contributed by atoms with E-state index in [-0.39, 0.29) is 0 Å². The second-order valence-corrected chi connectivity index (χ2v) is 6.25. The van der Waals surface area contributed by atoms with Gasteiger partial charge in [-0.1, -0.05) is 12.1 Å². The maximum atomic E-state index is 12.3. The van der Waals surface area contributed by atoms with Gasteiger partial charge in [0.05, 0.1) is 0 Å². The molecule has 0 aliphatic heterocycles. The van der Waals surface area contributed by atoms with E-state index in [0.29, 0.717) is 29.8 Å². The number of amides is 1. The van der Waals surface area contributed by atoms with Crippen LogP contribution in [0.3, 0.4) is 0 Å². The Morgan fingerprint density at radius 1 is 1.33 bits per heavy atom. The molecular weight excluding hydrogens is 324 g/mol. The van der Waals surface area contributed by atoms with Gasteiger partial charge in [-0.15, -0.1) is 0 Å². The number of H-pyrrole nitrogens is 1. The zero-order chi connectivity index (χ0) is 17.1. The molecule has 7 heteroatoms. The molecule has 1 aromatic carbocycles. The van der Waals surface area contributed by atoms with Crippen LogP contribution in [0.5, 0.6) is 0 Å². The number of hydrogen-bond donors (Lipinski definition) is 2. The number of nitrogens with one attached hydrogen (secondary N) is 2. The number of aryl methyl sites for hydroxylation is 2. The summed E-state index contributed by atoms with van der Waals surface area (Å²) < 4.78 is 2.43. The average molecular weight is 344 g/mol. The maximum absolute atomic E-state index is 12.3. The van der Waals surface area contributed by atoms with E-state index >= 15 is 0 Å². The number of fused-ring (bicyclic) bond motifs is 1. The van der Waals surface area contributed by atoms with Crippen LogP contribution in [0.4, 0.5) is 0 Å². The Bertz CT molecular complexity index is 837. The molecule has 2 N–H and O–H groups in total. The van der Waals surface area contributed by atoms with Crippen LogP contribution in [0.15, 0.2) is 18.2 Å². The lowest BCUT2D eigenvalue weighted by atomic mass is 10.0. The van der Waals surface area contributed by atoms with Crippen molar-refractivity contribution in [3.05, 3.63) is 45.5 Å². The molecule has 0 radical (unpaired) electrons. The van der Waals surface area contributed by atoms with Crippen LogP contribution in [-0.4, -0.2) is 33.0 Å². The van der Waals surface area contributed by atoms with Crippen molar-refractivity contribution in [3.8, 4) is 0 Å². The summed E-state index contributed by atoms with van der Waals surface area (Å²) in [5, 5.41) is 9.54. The van der Waals surface area contributed by atoms with E-state index in [1.165, 1.54) is 11.1 Å². The predicted octanol–water partition coefficient (Wildman–Crippen LogP) is 1.99. The van der Waals surface area contributed by atoms with E-state index in [0.717, 1.165) is 25.1 Å². The molecule has 1 heterocycles. The van der Waals surface area contributed by atoms with Crippen molar-refractivity contribution >= 4 is 23.9 Å². The molecule has 3 rings (SSSR count). The van der Waals surface area contributed by atoms with Crippen molar-refractivity contribution in [2.24, 2.45) is 0 Å². The molecule has 0 atom stereocenters. The Morgan fingerprint density at radius 2 is 2.12 bits per heavy atom. The van der Waals surface area contributed by atoms with Gasteiger partial charge in [-0.3, -0.25) is 14.7 Å². The monoisotopic (exact) mass is 344 g/mol. The van der Waals surface area contributed by atoms with Crippen LogP contribution in [0, 0.1) is 4.77 Å². The van der Waals surface area contributed by atoms with Gasteiger partial charge in [0.1, 0.15) is 5.82 Å². The Kier molecular flexibility index (Phi) is 4.89. The van der Waals surface area contributed by atoms with E-state index in [2.05, 4.69) is 15.5 Å². The van der Waals surface area contributed by atoms with E-state index < -0.39 is 11.7 Å². The van der Waals surface area contributed by atoms with Crippen LogP contribution in [0.1, 0.15) is 40.7 Å². The molecule has 6 nitrogen and oxygen atoms in total. The number of hydrogen-bond acceptors (Lipinski definition) is 4. The number of carbonyl (C=O) groups is 2. The van der Waals surface area contributed by atoms with Crippen molar-refractivity contribution in [1.82, 2.24) is 20.1 Å². The third-order valence-corrected chi connectivity index (χ3v) is 4.67. The van der Waals surface area contributed by atoms with E-state index in [4.69, 9.17) is 12.2 Å². The maximum Gasteiger partial charge on any atom is 0.292 e. The molecule has 0 fully saturated rings. The summed E-state index contributed by atoms with van der Waals surface area (Å²) in [5.41, 5.74) is 2.94. The number of carbonyl (C=O) groups excluding carboxylic acids is 2. The fraction of sp³-hybridized carbons (Fsp3) is 0.412. The molecule has 1 aliphatic carbocycles. The first-order valence-electron chi connectivity index (χ1n) is 8.18. The molecule has 1 aromatic heterocycles. The molecule has 1 aliphatic rings.